The molecule has 156 valence electrons. The summed E-state index contributed by atoms with van der Waals surface area (Å²) in [6.07, 6.45) is 6.85. The summed E-state index contributed by atoms with van der Waals surface area (Å²) in [5, 5.41) is 4.75. The fourth-order valence-corrected chi connectivity index (χ4v) is 3.75. The van der Waals surface area contributed by atoms with E-state index < -0.39 is 0 Å². The number of hydrogen-bond donors (Lipinski definition) is 1. The highest BCUT2D eigenvalue weighted by Gasteiger charge is 2.15. The molecule has 0 unspecified atom stereocenters. The highest BCUT2D eigenvalue weighted by Crippen LogP contribution is 2.18. The van der Waals surface area contributed by atoms with Crippen LogP contribution in [0.3, 0.4) is 0 Å². The van der Waals surface area contributed by atoms with E-state index in [4.69, 9.17) is 9.73 Å². The Bertz CT molecular complexity index is 724. The van der Waals surface area contributed by atoms with Gasteiger partial charge in [-0.25, -0.2) is 0 Å². The van der Waals surface area contributed by atoms with E-state index in [-0.39, 0.29) is 24.0 Å². The first-order chi connectivity index (χ1) is 13.3. The van der Waals surface area contributed by atoms with Gasteiger partial charge in [-0.15, -0.1) is 24.0 Å². The molecule has 28 heavy (non-hydrogen) atoms. The summed E-state index contributed by atoms with van der Waals surface area (Å²) in [6, 6.07) is 10.7. The minimum atomic E-state index is 0. The fourth-order valence-electron chi connectivity index (χ4n) is 3.75. The standard InChI is InChI=1S/C22H34N4O.HI/c1-3-23-22(25(2)15-9-19-11-17-27-18-12-19)24-13-6-14-26-16-10-20-7-4-5-8-21(20)26;/h4-5,7-8,10,16,19H,3,6,9,11-15,17-18H2,1-2H3,(H,23,24);1H. The third-order valence-electron chi connectivity index (χ3n) is 5.41. The molecule has 3 rings (SSSR count). The topological polar surface area (TPSA) is 41.8 Å². The van der Waals surface area contributed by atoms with E-state index in [1.807, 2.05) is 0 Å². The number of hydrogen-bond acceptors (Lipinski definition) is 2. The van der Waals surface area contributed by atoms with Crippen molar-refractivity contribution in [1.82, 2.24) is 14.8 Å². The van der Waals surface area contributed by atoms with Crippen LogP contribution in [0.15, 0.2) is 41.5 Å². The number of aliphatic imine (C=N–C) groups is 1. The summed E-state index contributed by atoms with van der Waals surface area (Å²) < 4.78 is 7.79. The largest absolute Gasteiger partial charge is 0.381 e. The van der Waals surface area contributed by atoms with Crippen LogP contribution in [0.5, 0.6) is 0 Å². The van der Waals surface area contributed by atoms with Crippen LogP contribution >= 0.6 is 24.0 Å². The quantitative estimate of drug-likeness (QED) is 0.255. The number of halogens is 1. The first-order valence-corrected chi connectivity index (χ1v) is 10.4. The van der Waals surface area contributed by atoms with Crippen LogP contribution in [0.2, 0.25) is 0 Å². The van der Waals surface area contributed by atoms with Gasteiger partial charge in [0.25, 0.3) is 0 Å². The van der Waals surface area contributed by atoms with Crippen LogP contribution in [-0.4, -0.2) is 55.3 Å². The van der Waals surface area contributed by atoms with Gasteiger partial charge in [-0.05, 0) is 56.0 Å². The molecule has 0 amide bonds. The summed E-state index contributed by atoms with van der Waals surface area (Å²) in [6.45, 7) is 7.79. The molecule has 1 saturated heterocycles. The number of rotatable bonds is 8. The van der Waals surface area contributed by atoms with Crippen molar-refractivity contribution in [3.63, 3.8) is 0 Å². The van der Waals surface area contributed by atoms with Crippen molar-refractivity contribution in [2.24, 2.45) is 10.9 Å². The maximum absolute atomic E-state index is 5.46. The predicted molar refractivity (Wildman–Crippen MR) is 129 cm³/mol. The molecule has 0 radical (unpaired) electrons. The second-order valence-electron chi connectivity index (χ2n) is 7.42. The van der Waals surface area contributed by atoms with Crippen LogP contribution in [-0.2, 0) is 11.3 Å². The molecule has 0 atom stereocenters. The SMILES string of the molecule is CCNC(=NCCCn1ccc2ccccc21)N(C)CCC1CCOCC1.I. The van der Waals surface area contributed by atoms with Gasteiger partial charge in [0.2, 0.25) is 0 Å². The number of fused-ring (bicyclic) bond motifs is 1. The monoisotopic (exact) mass is 498 g/mol. The molecule has 1 N–H and O–H groups in total. The normalized spacial score (nSPS) is 15.4. The molecular weight excluding hydrogens is 463 g/mol. The van der Waals surface area contributed by atoms with E-state index in [9.17, 15) is 0 Å². The van der Waals surface area contributed by atoms with Gasteiger partial charge in [0.15, 0.2) is 5.96 Å². The zero-order valence-corrected chi connectivity index (χ0v) is 19.6. The van der Waals surface area contributed by atoms with Gasteiger partial charge in [-0.3, -0.25) is 4.99 Å². The summed E-state index contributed by atoms with van der Waals surface area (Å²) in [4.78, 5) is 7.13. The molecule has 1 aliphatic heterocycles. The lowest BCUT2D eigenvalue weighted by molar-refractivity contribution is 0.0625. The number of para-hydroxylation sites is 1. The van der Waals surface area contributed by atoms with Crippen molar-refractivity contribution in [1.29, 1.82) is 0 Å². The predicted octanol–water partition coefficient (Wildman–Crippen LogP) is 4.36. The van der Waals surface area contributed by atoms with Crippen molar-refractivity contribution in [3.05, 3.63) is 36.5 Å². The number of nitrogens with one attached hydrogen (secondary N) is 1. The first kappa shape index (κ1) is 23.0. The van der Waals surface area contributed by atoms with Crippen LogP contribution in [0.1, 0.15) is 32.6 Å². The van der Waals surface area contributed by atoms with E-state index >= 15 is 0 Å². The van der Waals surface area contributed by atoms with E-state index in [1.54, 1.807) is 0 Å². The molecule has 0 spiro atoms. The average Bonchev–Trinajstić information content (AvgIpc) is 3.12. The number of guanidine groups is 1. The average molecular weight is 498 g/mol. The van der Waals surface area contributed by atoms with Gasteiger partial charge < -0.3 is 19.5 Å². The minimum absolute atomic E-state index is 0. The smallest absolute Gasteiger partial charge is 0.193 e. The van der Waals surface area contributed by atoms with Gasteiger partial charge in [-0.1, -0.05) is 18.2 Å². The Kier molecular flexibility index (Phi) is 10.1. The van der Waals surface area contributed by atoms with E-state index in [0.29, 0.717) is 0 Å². The lowest BCUT2D eigenvalue weighted by Crippen LogP contribution is -2.40. The summed E-state index contributed by atoms with van der Waals surface area (Å²) in [5.41, 5.74) is 1.31. The van der Waals surface area contributed by atoms with Crippen molar-refractivity contribution >= 4 is 40.8 Å². The van der Waals surface area contributed by atoms with Crippen LogP contribution < -0.4 is 5.32 Å². The minimum Gasteiger partial charge on any atom is -0.381 e. The Morgan fingerprint density at radius 1 is 1.25 bits per heavy atom. The lowest BCUT2D eigenvalue weighted by Gasteiger charge is -2.26. The molecule has 1 aliphatic rings. The summed E-state index contributed by atoms with van der Waals surface area (Å²) in [5.74, 6) is 1.83. The highest BCUT2D eigenvalue weighted by atomic mass is 127. The Hall–Kier alpha value is -1.28. The van der Waals surface area contributed by atoms with E-state index in [2.05, 4.69) is 65.3 Å². The Morgan fingerprint density at radius 3 is 2.82 bits per heavy atom. The molecule has 0 bridgehead atoms. The molecule has 0 aliphatic carbocycles. The molecule has 1 aromatic heterocycles. The van der Waals surface area contributed by atoms with Crippen LogP contribution in [0, 0.1) is 5.92 Å². The second kappa shape index (κ2) is 12.3. The maximum Gasteiger partial charge on any atom is 0.193 e. The zero-order chi connectivity index (χ0) is 18.9. The number of nitrogens with zero attached hydrogens (tertiary/aromatic N) is 3. The number of aromatic nitrogens is 1. The Morgan fingerprint density at radius 2 is 2.04 bits per heavy atom. The number of aryl methyl sites for hydroxylation is 1. The Labute approximate surface area is 186 Å². The summed E-state index contributed by atoms with van der Waals surface area (Å²) in [7, 11) is 2.15. The van der Waals surface area contributed by atoms with Gasteiger partial charge in [-0.2, -0.15) is 0 Å². The van der Waals surface area contributed by atoms with Gasteiger partial charge in [0.05, 0.1) is 0 Å². The molecule has 1 aromatic carbocycles. The van der Waals surface area contributed by atoms with Gasteiger partial charge in [0, 0.05) is 58.2 Å². The second-order valence-corrected chi connectivity index (χ2v) is 7.42. The van der Waals surface area contributed by atoms with E-state index in [1.165, 1.54) is 30.2 Å². The number of benzene rings is 1. The van der Waals surface area contributed by atoms with Crippen LogP contribution in [0.4, 0.5) is 0 Å². The van der Waals surface area contributed by atoms with Crippen molar-refractivity contribution < 1.29 is 4.74 Å². The number of ether oxygens (including phenoxy) is 1. The molecule has 6 heteroatoms. The molecule has 2 aromatic rings. The van der Waals surface area contributed by atoms with Gasteiger partial charge in [0.1, 0.15) is 0 Å². The fraction of sp³-hybridized carbons (Fsp3) is 0.591. The molecular formula is C22H35IN4O. The third-order valence-corrected chi connectivity index (χ3v) is 5.41. The van der Waals surface area contributed by atoms with Crippen LogP contribution in [0.25, 0.3) is 10.9 Å². The maximum atomic E-state index is 5.46. The summed E-state index contributed by atoms with van der Waals surface area (Å²) >= 11 is 0. The molecule has 2 heterocycles. The third kappa shape index (κ3) is 6.65. The molecule has 1 fully saturated rings. The van der Waals surface area contributed by atoms with Crippen molar-refractivity contribution in [3.8, 4) is 0 Å². The first-order valence-electron chi connectivity index (χ1n) is 10.4. The van der Waals surface area contributed by atoms with Crippen molar-refractivity contribution in [2.45, 2.75) is 39.2 Å². The zero-order valence-electron chi connectivity index (χ0n) is 17.3. The highest BCUT2D eigenvalue weighted by molar-refractivity contribution is 14.0. The Balaban J connectivity index is 0.00000280. The lowest BCUT2D eigenvalue weighted by atomic mass is 9.96. The molecule has 5 nitrogen and oxygen atoms in total. The van der Waals surface area contributed by atoms with Crippen molar-refractivity contribution in [2.75, 3.05) is 39.9 Å². The molecule has 0 saturated carbocycles. The van der Waals surface area contributed by atoms with Gasteiger partial charge >= 0.3 is 0 Å². The van der Waals surface area contributed by atoms with E-state index in [0.717, 1.165) is 57.7 Å².